The highest BCUT2D eigenvalue weighted by Gasteiger charge is 2.20. The van der Waals surface area contributed by atoms with Crippen molar-refractivity contribution in [1.82, 2.24) is 10.1 Å². The lowest BCUT2D eigenvalue weighted by Gasteiger charge is -2.17. The number of aromatic nitrogens is 2. The number of rotatable bonds is 7. The standard InChI is InChI=1S/C25H23N3O4/c1-16-12-14-18(15-13-16)23-27-25(32-28-23)19-8-4-5-9-20(19)26-24(29)17(2)31-22-11-7-6-10-21(22)30-3/h4-15,17H,1-3H3,(H,26,29)/t17-/m0/s1. The van der Waals surface area contributed by atoms with Crippen molar-refractivity contribution in [3.63, 3.8) is 0 Å². The van der Waals surface area contributed by atoms with Gasteiger partial charge in [-0.25, -0.2) is 0 Å². The summed E-state index contributed by atoms with van der Waals surface area (Å²) >= 11 is 0. The van der Waals surface area contributed by atoms with Gasteiger partial charge in [-0.05, 0) is 38.1 Å². The highest BCUT2D eigenvalue weighted by molar-refractivity contribution is 5.97. The van der Waals surface area contributed by atoms with Gasteiger partial charge in [0.2, 0.25) is 5.82 Å². The van der Waals surface area contributed by atoms with E-state index in [9.17, 15) is 4.79 Å². The number of nitrogens with zero attached hydrogens (tertiary/aromatic N) is 2. The summed E-state index contributed by atoms with van der Waals surface area (Å²) in [6.45, 7) is 3.69. The van der Waals surface area contributed by atoms with Gasteiger partial charge in [-0.3, -0.25) is 4.79 Å². The molecule has 1 atom stereocenters. The lowest BCUT2D eigenvalue weighted by molar-refractivity contribution is -0.122. The fourth-order valence-electron chi connectivity index (χ4n) is 3.13. The summed E-state index contributed by atoms with van der Waals surface area (Å²) in [4.78, 5) is 17.3. The van der Waals surface area contributed by atoms with Crippen molar-refractivity contribution >= 4 is 11.6 Å². The number of aryl methyl sites for hydroxylation is 1. The largest absolute Gasteiger partial charge is 0.493 e. The Kier molecular flexibility index (Phi) is 6.17. The van der Waals surface area contributed by atoms with Gasteiger partial charge in [-0.2, -0.15) is 4.98 Å². The lowest BCUT2D eigenvalue weighted by atomic mass is 10.1. The Morgan fingerprint density at radius 2 is 1.66 bits per heavy atom. The van der Waals surface area contributed by atoms with Gasteiger partial charge in [0.05, 0.1) is 18.4 Å². The molecule has 162 valence electrons. The molecule has 1 amide bonds. The minimum Gasteiger partial charge on any atom is -0.493 e. The molecular formula is C25H23N3O4. The van der Waals surface area contributed by atoms with Gasteiger partial charge in [0, 0.05) is 5.56 Å². The van der Waals surface area contributed by atoms with E-state index in [1.54, 1.807) is 32.2 Å². The van der Waals surface area contributed by atoms with E-state index in [1.165, 1.54) is 0 Å². The minimum absolute atomic E-state index is 0.315. The van der Waals surface area contributed by atoms with E-state index in [0.717, 1.165) is 11.1 Å². The van der Waals surface area contributed by atoms with Crippen LogP contribution in [0, 0.1) is 6.92 Å². The summed E-state index contributed by atoms with van der Waals surface area (Å²) in [5.74, 6) is 1.53. The topological polar surface area (TPSA) is 86.5 Å². The van der Waals surface area contributed by atoms with Crippen molar-refractivity contribution < 1.29 is 18.8 Å². The first-order chi connectivity index (χ1) is 15.5. The smallest absolute Gasteiger partial charge is 0.265 e. The second-order valence-electron chi connectivity index (χ2n) is 7.23. The Bertz CT molecular complexity index is 1220. The maximum Gasteiger partial charge on any atom is 0.265 e. The predicted octanol–water partition coefficient (Wildman–Crippen LogP) is 5.13. The molecule has 0 aliphatic rings. The second kappa shape index (κ2) is 9.34. The van der Waals surface area contributed by atoms with Crippen LogP contribution in [0.4, 0.5) is 5.69 Å². The zero-order chi connectivity index (χ0) is 22.5. The van der Waals surface area contributed by atoms with Crippen molar-refractivity contribution in [2.24, 2.45) is 0 Å². The van der Waals surface area contributed by atoms with E-state index in [4.69, 9.17) is 14.0 Å². The van der Waals surface area contributed by atoms with Gasteiger partial charge in [-0.1, -0.05) is 59.3 Å². The van der Waals surface area contributed by atoms with Crippen LogP contribution in [0.5, 0.6) is 11.5 Å². The maximum atomic E-state index is 12.8. The molecular weight excluding hydrogens is 406 g/mol. The number of carbonyl (C=O) groups is 1. The highest BCUT2D eigenvalue weighted by atomic mass is 16.5. The molecule has 4 rings (SSSR count). The molecule has 0 aliphatic carbocycles. The molecule has 1 N–H and O–H groups in total. The third-order valence-corrected chi connectivity index (χ3v) is 4.89. The summed E-state index contributed by atoms with van der Waals surface area (Å²) < 4.78 is 16.6. The van der Waals surface area contributed by atoms with Gasteiger partial charge in [-0.15, -0.1) is 0 Å². The highest BCUT2D eigenvalue weighted by Crippen LogP contribution is 2.30. The maximum absolute atomic E-state index is 12.8. The molecule has 0 aliphatic heterocycles. The summed E-state index contributed by atoms with van der Waals surface area (Å²) in [5.41, 5.74) is 3.17. The number of hydrogen-bond donors (Lipinski definition) is 1. The van der Waals surface area contributed by atoms with Gasteiger partial charge >= 0.3 is 0 Å². The molecule has 0 saturated carbocycles. The van der Waals surface area contributed by atoms with Crippen molar-refractivity contribution in [3.8, 4) is 34.3 Å². The number of nitrogens with one attached hydrogen (secondary N) is 1. The Balaban J connectivity index is 1.52. The number of para-hydroxylation sites is 3. The van der Waals surface area contributed by atoms with Crippen LogP contribution in [-0.2, 0) is 4.79 Å². The van der Waals surface area contributed by atoms with Gasteiger partial charge < -0.3 is 19.3 Å². The van der Waals surface area contributed by atoms with E-state index in [0.29, 0.717) is 34.5 Å². The molecule has 7 nitrogen and oxygen atoms in total. The molecule has 3 aromatic carbocycles. The van der Waals surface area contributed by atoms with Crippen LogP contribution in [0.3, 0.4) is 0 Å². The normalized spacial score (nSPS) is 11.6. The number of methoxy groups -OCH3 is 1. The fraction of sp³-hybridized carbons (Fsp3) is 0.160. The Labute approximate surface area is 186 Å². The second-order valence-corrected chi connectivity index (χ2v) is 7.23. The first kappa shape index (κ1) is 21.1. The van der Waals surface area contributed by atoms with Gasteiger partial charge in [0.15, 0.2) is 17.6 Å². The number of amides is 1. The summed E-state index contributed by atoms with van der Waals surface area (Å²) in [6.07, 6.45) is -0.759. The molecule has 0 spiro atoms. The quantitative estimate of drug-likeness (QED) is 0.438. The van der Waals surface area contributed by atoms with Crippen LogP contribution in [0.2, 0.25) is 0 Å². The predicted molar refractivity (Wildman–Crippen MR) is 122 cm³/mol. The third kappa shape index (κ3) is 4.62. The average molecular weight is 429 g/mol. The zero-order valence-electron chi connectivity index (χ0n) is 18.0. The van der Waals surface area contributed by atoms with E-state index in [1.807, 2.05) is 61.5 Å². The molecule has 0 bridgehead atoms. The third-order valence-electron chi connectivity index (χ3n) is 4.89. The van der Waals surface area contributed by atoms with Gasteiger partial charge in [0.25, 0.3) is 11.8 Å². The van der Waals surface area contributed by atoms with Crippen LogP contribution in [0.25, 0.3) is 22.8 Å². The number of benzene rings is 3. The van der Waals surface area contributed by atoms with Crippen molar-refractivity contribution in [2.45, 2.75) is 20.0 Å². The average Bonchev–Trinajstić information content (AvgIpc) is 3.30. The fourth-order valence-corrected chi connectivity index (χ4v) is 3.13. The summed E-state index contributed by atoms with van der Waals surface area (Å²) in [6, 6.07) is 22.3. The minimum atomic E-state index is -0.759. The van der Waals surface area contributed by atoms with Crippen molar-refractivity contribution in [3.05, 3.63) is 78.4 Å². The van der Waals surface area contributed by atoms with Crippen molar-refractivity contribution in [1.29, 1.82) is 0 Å². The Hall–Kier alpha value is -4.13. The molecule has 32 heavy (non-hydrogen) atoms. The first-order valence-corrected chi connectivity index (χ1v) is 10.2. The SMILES string of the molecule is COc1ccccc1O[C@@H](C)C(=O)Nc1ccccc1-c1nc(-c2ccc(C)cc2)no1. The summed E-state index contributed by atoms with van der Waals surface area (Å²) in [5, 5.41) is 6.98. The molecule has 0 saturated heterocycles. The van der Waals surface area contributed by atoms with Crippen LogP contribution in [0.15, 0.2) is 77.3 Å². The molecule has 7 heteroatoms. The monoisotopic (exact) mass is 429 g/mol. The molecule has 1 aromatic heterocycles. The number of carbonyl (C=O) groups excluding carboxylic acids is 1. The number of hydrogen-bond acceptors (Lipinski definition) is 6. The Morgan fingerprint density at radius 1 is 0.969 bits per heavy atom. The number of ether oxygens (including phenoxy) is 2. The van der Waals surface area contributed by atoms with Crippen LogP contribution in [0.1, 0.15) is 12.5 Å². The Morgan fingerprint density at radius 3 is 2.41 bits per heavy atom. The molecule has 0 unspecified atom stereocenters. The molecule has 1 heterocycles. The van der Waals surface area contributed by atoms with E-state index >= 15 is 0 Å². The van der Waals surface area contributed by atoms with Gasteiger partial charge in [0.1, 0.15) is 0 Å². The van der Waals surface area contributed by atoms with Crippen LogP contribution < -0.4 is 14.8 Å². The zero-order valence-corrected chi connectivity index (χ0v) is 18.0. The van der Waals surface area contributed by atoms with Crippen LogP contribution >= 0.6 is 0 Å². The molecule has 0 fully saturated rings. The van der Waals surface area contributed by atoms with E-state index < -0.39 is 6.10 Å². The van der Waals surface area contributed by atoms with E-state index in [-0.39, 0.29) is 5.91 Å². The number of anilines is 1. The molecule has 0 radical (unpaired) electrons. The first-order valence-electron chi connectivity index (χ1n) is 10.2. The van der Waals surface area contributed by atoms with Crippen molar-refractivity contribution in [2.75, 3.05) is 12.4 Å². The summed E-state index contributed by atoms with van der Waals surface area (Å²) in [7, 11) is 1.55. The molecule has 4 aromatic rings. The van der Waals surface area contributed by atoms with E-state index in [2.05, 4.69) is 15.5 Å². The lowest BCUT2D eigenvalue weighted by Crippen LogP contribution is -2.30. The van der Waals surface area contributed by atoms with Crippen LogP contribution in [-0.4, -0.2) is 29.3 Å².